The summed E-state index contributed by atoms with van der Waals surface area (Å²) in [7, 11) is 0. The molecule has 1 fully saturated rings. The summed E-state index contributed by atoms with van der Waals surface area (Å²) in [6.07, 6.45) is 0.995. The molecule has 86 valence electrons. The van der Waals surface area contributed by atoms with E-state index in [-0.39, 0.29) is 11.9 Å². The Balaban J connectivity index is 1.70. The van der Waals surface area contributed by atoms with E-state index in [4.69, 9.17) is 9.47 Å². The van der Waals surface area contributed by atoms with Crippen LogP contribution in [-0.2, 0) is 20.9 Å². The van der Waals surface area contributed by atoms with Gasteiger partial charge in [0.05, 0.1) is 25.9 Å². The van der Waals surface area contributed by atoms with E-state index in [1.165, 1.54) is 0 Å². The number of hydrogen-bond donors (Lipinski definition) is 0. The van der Waals surface area contributed by atoms with Gasteiger partial charge < -0.3 is 9.47 Å². The summed E-state index contributed by atoms with van der Waals surface area (Å²) >= 11 is 0. The molecule has 0 saturated carbocycles. The molecule has 0 unspecified atom stereocenters. The Bertz CT molecular complexity index is 334. The highest BCUT2D eigenvalue weighted by molar-refractivity contribution is 5.79. The molecule has 0 radical (unpaired) electrons. The van der Waals surface area contributed by atoms with Crippen molar-refractivity contribution in [3.05, 3.63) is 35.9 Å². The normalized spacial score (nSPS) is 21.0. The minimum absolute atomic E-state index is 0.0510. The van der Waals surface area contributed by atoms with Gasteiger partial charge in [-0.3, -0.25) is 4.79 Å². The molecule has 0 N–H and O–H groups in total. The van der Waals surface area contributed by atoms with E-state index in [0.29, 0.717) is 32.7 Å². The highest BCUT2D eigenvalue weighted by atomic mass is 16.5. The number of carbonyl (C=O) groups excluding carboxylic acids is 1. The second kappa shape index (κ2) is 5.77. The quantitative estimate of drug-likeness (QED) is 0.778. The van der Waals surface area contributed by atoms with Crippen LogP contribution in [0.4, 0.5) is 0 Å². The first-order valence-electron chi connectivity index (χ1n) is 5.59. The van der Waals surface area contributed by atoms with Crippen molar-refractivity contribution >= 4 is 5.78 Å². The summed E-state index contributed by atoms with van der Waals surface area (Å²) in [5, 5.41) is 0. The molecule has 1 atom stereocenters. The van der Waals surface area contributed by atoms with Crippen LogP contribution in [0, 0.1) is 0 Å². The Morgan fingerprint density at radius 1 is 1.31 bits per heavy atom. The monoisotopic (exact) mass is 220 g/mol. The SMILES string of the molecule is O=C1CCO[C@H](COCc2ccccc2)C1. The lowest BCUT2D eigenvalue weighted by Gasteiger charge is -2.21. The average Bonchev–Trinajstić information content (AvgIpc) is 2.30. The van der Waals surface area contributed by atoms with Crippen molar-refractivity contribution < 1.29 is 14.3 Å². The molecule has 2 rings (SSSR count). The number of ether oxygens (including phenoxy) is 2. The molecule has 0 amide bonds. The van der Waals surface area contributed by atoms with E-state index < -0.39 is 0 Å². The topological polar surface area (TPSA) is 35.5 Å². The lowest BCUT2D eigenvalue weighted by Crippen LogP contribution is -2.29. The molecule has 1 aliphatic rings. The van der Waals surface area contributed by atoms with Crippen LogP contribution in [0.25, 0.3) is 0 Å². The van der Waals surface area contributed by atoms with Gasteiger partial charge in [-0.1, -0.05) is 30.3 Å². The maximum Gasteiger partial charge on any atom is 0.137 e. The molecular weight excluding hydrogens is 204 g/mol. The first-order valence-corrected chi connectivity index (χ1v) is 5.59. The van der Waals surface area contributed by atoms with Gasteiger partial charge in [-0.25, -0.2) is 0 Å². The van der Waals surface area contributed by atoms with Gasteiger partial charge in [-0.2, -0.15) is 0 Å². The number of rotatable bonds is 4. The van der Waals surface area contributed by atoms with Crippen molar-refractivity contribution in [2.45, 2.75) is 25.6 Å². The first-order chi connectivity index (χ1) is 7.84. The third kappa shape index (κ3) is 3.43. The summed E-state index contributed by atoms with van der Waals surface area (Å²) in [6.45, 7) is 1.62. The Morgan fingerprint density at radius 2 is 2.12 bits per heavy atom. The lowest BCUT2D eigenvalue weighted by atomic mass is 10.1. The van der Waals surface area contributed by atoms with E-state index in [1.807, 2.05) is 30.3 Å². The van der Waals surface area contributed by atoms with Crippen LogP contribution in [0.5, 0.6) is 0 Å². The van der Waals surface area contributed by atoms with Crippen molar-refractivity contribution in [1.82, 2.24) is 0 Å². The number of benzene rings is 1. The molecule has 1 aromatic carbocycles. The van der Waals surface area contributed by atoms with Gasteiger partial charge in [0.25, 0.3) is 0 Å². The first kappa shape index (κ1) is 11.3. The molecular formula is C13H16O3. The zero-order valence-corrected chi connectivity index (χ0v) is 9.22. The van der Waals surface area contributed by atoms with E-state index in [9.17, 15) is 4.79 Å². The second-order valence-electron chi connectivity index (χ2n) is 3.99. The molecule has 1 aromatic rings. The fourth-order valence-corrected chi connectivity index (χ4v) is 1.74. The Labute approximate surface area is 95.4 Å². The zero-order chi connectivity index (χ0) is 11.2. The molecule has 0 aromatic heterocycles. The van der Waals surface area contributed by atoms with Crippen LogP contribution in [0.2, 0.25) is 0 Å². The zero-order valence-electron chi connectivity index (χ0n) is 9.22. The van der Waals surface area contributed by atoms with Crippen molar-refractivity contribution in [3.8, 4) is 0 Å². The van der Waals surface area contributed by atoms with Crippen LogP contribution in [0.1, 0.15) is 18.4 Å². The van der Waals surface area contributed by atoms with Crippen LogP contribution >= 0.6 is 0 Å². The number of ketones is 1. The maximum atomic E-state index is 11.2. The van der Waals surface area contributed by atoms with Crippen molar-refractivity contribution in [1.29, 1.82) is 0 Å². The van der Waals surface area contributed by atoms with Crippen LogP contribution < -0.4 is 0 Å². The van der Waals surface area contributed by atoms with E-state index in [1.54, 1.807) is 0 Å². The van der Waals surface area contributed by atoms with Crippen molar-refractivity contribution in [3.63, 3.8) is 0 Å². The summed E-state index contributed by atoms with van der Waals surface area (Å²) < 4.78 is 11.0. The van der Waals surface area contributed by atoms with E-state index in [0.717, 1.165) is 5.56 Å². The molecule has 0 spiro atoms. The van der Waals surface area contributed by atoms with Crippen molar-refractivity contribution in [2.24, 2.45) is 0 Å². The fraction of sp³-hybridized carbons (Fsp3) is 0.462. The Kier molecular flexibility index (Phi) is 4.08. The van der Waals surface area contributed by atoms with Crippen LogP contribution in [0.15, 0.2) is 30.3 Å². The smallest absolute Gasteiger partial charge is 0.137 e. The molecule has 3 nitrogen and oxygen atoms in total. The Hall–Kier alpha value is -1.19. The molecule has 1 aliphatic heterocycles. The minimum atomic E-state index is -0.0510. The largest absolute Gasteiger partial charge is 0.375 e. The van der Waals surface area contributed by atoms with Gasteiger partial charge >= 0.3 is 0 Å². The van der Waals surface area contributed by atoms with E-state index in [2.05, 4.69) is 0 Å². The predicted molar refractivity (Wildman–Crippen MR) is 60.1 cm³/mol. The van der Waals surface area contributed by atoms with E-state index >= 15 is 0 Å². The van der Waals surface area contributed by atoms with Crippen molar-refractivity contribution in [2.75, 3.05) is 13.2 Å². The molecule has 16 heavy (non-hydrogen) atoms. The highest BCUT2D eigenvalue weighted by Gasteiger charge is 2.19. The molecule has 0 bridgehead atoms. The molecule has 0 aliphatic carbocycles. The lowest BCUT2D eigenvalue weighted by molar-refractivity contribution is -0.131. The van der Waals surface area contributed by atoms with Crippen LogP contribution in [0.3, 0.4) is 0 Å². The second-order valence-corrected chi connectivity index (χ2v) is 3.99. The number of hydrogen-bond acceptors (Lipinski definition) is 3. The van der Waals surface area contributed by atoms with Gasteiger partial charge in [0.15, 0.2) is 0 Å². The number of Topliss-reactive ketones (excluding diaryl/α,β-unsaturated/α-hetero) is 1. The summed E-state index contributed by atoms with van der Waals surface area (Å²) in [6, 6.07) is 9.99. The molecule has 3 heteroatoms. The highest BCUT2D eigenvalue weighted by Crippen LogP contribution is 2.11. The van der Waals surface area contributed by atoms with Gasteiger partial charge in [-0.15, -0.1) is 0 Å². The molecule has 1 heterocycles. The summed E-state index contributed by atoms with van der Waals surface area (Å²) in [5.74, 6) is 0.277. The fourth-order valence-electron chi connectivity index (χ4n) is 1.74. The maximum absolute atomic E-state index is 11.2. The third-order valence-corrected chi connectivity index (χ3v) is 2.61. The van der Waals surface area contributed by atoms with Gasteiger partial charge in [0.1, 0.15) is 5.78 Å². The number of carbonyl (C=O) groups is 1. The Morgan fingerprint density at radius 3 is 2.88 bits per heavy atom. The minimum Gasteiger partial charge on any atom is -0.375 e. The van der Waals surface area contributed by atoms with Crippen LogP contribution in [-0.4, -0.2) is 25.1 Å². The third-order valence-electron chi connectivity index (χ3n) is 2.61. The summed E-state index contributed by atoms with van der Waals surface area (Å²) in [4.78, 5) is 11.2. The van der Waals surface area contributed by atoms with Gasteiger partial charge in [-0.05, 0) is 5.56 Å². The van der Waals surface area contributed by atoms with Gasteiger partial charge in [0, 0.05) is 12.8 Å². The predicted octanol–water partition coefficient (Wildman–Crippen LogP) is 1.95. The van der Waals surface area contributed by atoms with Gasteiger partial charge in [0.2, 0.25) is 0 Å². The molecule has 1 saturated heterocycles. The summed E-state index contributed by atoms with van der Waals surface area (Å²) in [5.41, 5.74) is 1.14. The standard InChI is InChI=1S/C13H16O3/c14-12-6-7-16-13(8-12)10-15-9-11-4-2-1-3-5-11/h1-5,13H,6-10H2/t13-/m0/s1. The average molecular weight is 220 g/mol.